The van der Waals surface area contributed by atoms with Crippen LogP contribution in [0.2, 0.25) is 0 Å². The van der Waals surface area contributed by atoms with Gasteiger partial charge in [-0.1, -0.05) is 127 Å². The minimum atomic E-state index is 0.602. The summed E-state index contributed by atoms with van der Waals surface area (Å²) in [6.07, 6.45) is 0. The fraction of sp³-hybridized carbons (Fsp3) is 0. The number of hydrogen-bond donors (Lipinski definition) is 0. The van der Waals surface area contributed by atoms with Gasteiger partial charge in [0.05, 0.1) is 0 Å². The molecule has 11 aromatic rings. The van der Waals surface area contributed by atoms with E-state index in [1.165, 1.54) is 33.0 Å². The molecule has 0 spiro atoms. The lowest BCUT2D eigenvalue weighted by Crippen LogP contribution is -2.10. The Morgan fingerprint density at radius 1 is 0.316 bits per heavy atom. The maximum absolute atomic E-state index is 6.32. The maximum Gasteiger partial charge on any atom is 0.227 e. The van der Waals surface area contributed by atoms with Gasteiger partial charge in [-0.25, -0.2) is 4.98 Å². The Morgan fingerprint density at radius 3 is 1.63 bits per heavy atom. The third-order valence-electron chi connectivity index (χ3n) is 10.9. The lowest BCUT2D eigenvalue weighted by molar-refractivity contribution is 0.617. The normalized spacial score (nSPS) is 11.5. The van der Waals surface area contributed by atoms with E-state index in [-0.39, 0.29) is 0 Å². The third-order valence-corrected chi connectivity index (χ3v) is 10.9. The zero-order valence-corrected chi connectivity index (χ0v) is 30.8. The van der Waals surface area contributed by atoms with Crippen molar-refractivity contribution in [1.29, 1.82) is 0 Å². The average molecular weight is 731 g/mol. The van der Waals surface area contributed by atoms with E-state index < -0.39 is 0 Å². The molecule has 9 aromatic carbocycles. The summed E-state index contributed by atoms with van der Waals surface area (Å²) >= 11 is 0. The Hall–Kier alpha value is -7.69. The van der Waals surface area contributed by atoms with E-state index in [0.29, 0.717) is 11.5 Å². The topological polar surface area (TPSA) is 42.4 Å². The fourth-order valence-electron chi connectivity index (χ4n) is 7.96. The SMILES string of the molecule is c1ccc(-c2ccc(N(c3ccc(-c4ccc5oc6cc7oc(-c8ccccc8)nc7cc6c5c4)cc3)c3cccc(-c4ccc5ccccc5c4)c3)cc2)cc1. The lowest BCUT2D eigenvalue weighted by atomic mass is 10.00. The monoisotopic (exact) mass is 730 g/mol. The molecule has 0 aliphatic carbocycles. The molecule has 0 radical (unpaired) electrons. The quantitative estimate of drug-likeness (QED) is 0.164. The van der Waals surface area contributed by atoms with Gasteiger partial charge in [0, 0.05) is 39.5 Å². The van der Waals surface area contributed by atoms with Crippen LogP contribution in [0.15, 0.2) is 215 Å². The number of hydrogen-bond acceptors (Lipinski definition) is 4. The maximum atomic E-state index is 6.32. The summed E-state index contributed by atoms with van der Waals surface area (Å²) in [5.74, 6) is 0.602. The zero-order valence-electron chi connectivity index (χ0n) is 30.8. The third kappa shape index (κ3) is 6.01. The largest absolute Gasteiger partial charge is 0.456 e. The number of furan rings is 1. The van der Waals surface area contributed by atoms with Crippen molar-refractivity contribution in [3.05, 3.63) is 206 Å². The van der Waals surface area contributed by atoms with Gasteiger partial charge in [0.25, 0.3) is 0 Å². The van der Waals surface area contributed by atoms with E-state index in [9.17, 15) is 0 Å². The summed E-state index contributed by atoms with van der Waals surface area (Å²) in [5.41, 5.74) is 14.3. The highest BCUT2D eigenvalue weighted by atomic mass is 16.4. The second-order valence-electron chi connectivity index (χ2n) is 14.4. The van der Waals surface area contributed by atoms with Crippen molar-refractivity contribution in [2.24, 2.45) is 0 Å². The molecule has 0 aliphatic heterocycles. The van der Waals surface area contributed by atoms with Crippen molar-refractivity contribution >= 4 is 60.9 Å². The van der Waals surface area contributed by atoms with E-state index in [0.717, 1.165) is 61.2 Å². The fourth-order valence-corrected chi connectivity index (χ4v) is 7.96. The minimum Gasteiger partial charge on any atom is -0.456 e. The van der Waals surface area contributed by atoms with E-state index in [1.807, 2.05) is 36.4 Å². The van der Waals surface area contributed by atoms with Gasteiger partial charge in [0.2, 0.25) is 5.89 Å². The molecule has 2 aromatic heterocycles. The molecule has 0 N–H and O–H groups in total. The highest BCUT2D eigenvalue weighted by Crippen LogP contribution is 2.40. The molecule has 0 amide bonds. The summed E-state index contributed by atoms with van der Waals surface area (Å²) in [7, 11) is 0. The highest BCUT2D eigenvalue weighted by molar-refractivity contribution is 6.10. The molecule has 0 unspecified atom stereocenters. The summed E-state index contributed by atoms with van der Waals surface area (Å²) in [4.78, 5) is 7.15. The number of nitrogens with zero attached hydrogens (tertiary/aromatic N) is 2. The molecule has 4 nitrogen and oxygen atoms in total. The summed E-state index contributed by atoms with van der Waals surface area (Å²) in [5, 5.41) is 4.53. The molecule has 57 heavy (non-hydrogen) atoms. The van der Waals surface area contributed by atoms with Crippen molar-refractivity contribution in [1.82, 2.24) is 4.98 Å². The van der Waals surface area contributed by atoms with E-state index in [2.05, 4.69) is 175 Å². The summed E-state index contributed by atoms with van der Waals surface area (Å²) in [6, 6.07) is 72.7. The van der Waals surface area contributed by atoms with Crippen LogP contribution in [-0.2, 0) is 0 Å². The van der Waals surface area contributed by atoms with Gasteiger partial charge in [-0.05, 0) is 117 Å². The number of fused-ring (bicyclic) bond motifs is 5. The Labute approximate surface area is 329 Å². The van der Waals surface area contributed by atoms with Gasteiger partial charge in [0.15, 0.2) is 5.58 Å². The average Bonchev–Trinajstić information content (AvgIpc) is 3.87. The van der Waals surface area contributed by atoms with Crippen LogP contribution >= 0.6 is 0 Å². The van der Waals surface area contributed by atoms with E-state index >= 15 is 0 Å². The van der Waals surface area contributed by atoms with E-state index in [4.69, 9.17) is 13.8 Å². The molecular formula is C53H34N2O2. The number of aromatic nitrogens is 1. The van der Waals surface area contributed by atoms with Crippen LogP contribution in [0.1, 0.15) is 0 Å². The standard InChI is InChI=1S/C53H34N2O2/c1-3-10-35(11-4-1)37-20-25-44(26-21-37)55(46-17-9-16-41(31-46)42-19-18-36-12-7-8-15-40(36)30-42)45-27-22-38(23-28-45)43-24-29-50-47(32-43)48-33-49-52(34-51(48)56-50)57-53(54-49)39-13-5-2-6-14-39/h1-34H. The first-order valence-corrected chi connectivity index (χ1v) is 19.2. The second-order valence-corrected chi connectivity index (χ2v) is 14.4. The second kappa shape index (κ2) is 13.6. The van der Waals surface area contributed by atoms with Crippen LogP contribution in [-0.4, -0.2) is 4.98 Å². The van der Waals surface area contributed by atoms with Gasteiger partial charge < -0.3 is 13.7 Å². The summed E-state index contributed by atoms with van der Waals surface area (Å²) in [6.45, 7) is 0. The lowest BCUT2D eigenvalue weighted by Gasteiger charge is -2.26. The molecule has 0 bridgehead atoms. The molecule has 4 heteroatoms. The highest BCUT2D eigenvalue weighted by Gasteiger charge is 2.17. The molecule has 0 saturated heterocycles. The van der Waals surface area contributed by atoms with Gasteiger partial charge in [0.1, 0.15) is 16.7 Å². The first-order valence-electron chi connectivity index (χ1n) is 19.2. The van der Waals surface area contributed by atoms with Crippen molar-refractivity contribution in [2.75, 3.05) is 4.90 Å². The molecule has 11 rings (SSSR count). The van der Waals surface area contributed by atoms with Crippen LogP contribution in [0.3, 0.4) is 0 Å². The smallest absolute Gasteiger partial charge is 0.227 e. The molecule has 0 fully saturated rings. The molecule has 268 valence electrons. The number of anilines is 3. The van der Waals surface area contributed by atoms with Crippen LogP contribution in [0.25, 0.3) is 88.6 Å². The minimum absolute atomic E-state index is 0.602. The van der Waals surface area contributed by atoms with Crippen LogP contribution in [0.5, 0.6) is 0 Å². The van der Waals surface area contributed by atoms with Crippen molar-refractivity contribution < 1.29 is 8.83 Å². The molecule has 0 atom stereocenters. The van der Waals surface area contributed by atoms with Gasteiger partial charge in [-0.3, -0.25) is 0 Å². The van der Waals surface area contributed by atoms with Crippen molar-refractivity contribution in [2.45, 2.75) is 0 Å². The van der Waals surface area contributed by atoms with Gasteiger partial charge >= 0.3 is 0 Å². The van der Waals surface area contributed by atoms with Crippen molar-refractivity contribution in [3.63, 3.8) is 0 Å². The van der Waals surface area contributed by atoms with Gasteiger partial charge in [-0.15, -0.1) is 0 Å². The molecule has 0 saturated carbocycles. The number of oxazole rings is 1. The molecule has 0 aliphatic rings. The number of benzene rings is 9. The van der Waals surface area contributed by atoms with Crippen LogP contribution < -0.4 is 4.90 Å². The Morgan fingerprint density at radius 2 is 0.877 bits per heavy atom. The Kier molecular flexibility index (Phi) is 7.78. The number of rotatable bonds is 7. The van der Waals surface area contributed by atoms with E-state index in [1.54, 1.807) is 0 Å². The van der Waals surface area contributed by atoms with Crippen LogP contribution in [0, 0.1) is 0 Å². The first kappa shape index (κ1) is 32.7. The zero-order chi connectivity index (χ0) is 37.7. The Balaban J connectivity index is 0.968. The first-order chi connectivity index (χ1) is 28.2. The molecule has 2 heterocycles. The van der Waals surface area contributed by atoms with Crippen LogP contribution in [0.4, 0.5) is 17.1 Å². The predicted octanol–water partition coefficient (Wildman–Crippen LogP) is 15.0. The summed E-state index contributed by atoms with van der Waals surface area (Å²) < 4.78 is 12.5. The van der Waals surface area contributed by atoms with Crippen molar-refractivity contribution in [3.8, 4) is 44.8 Å². The van der Waals surface area contributed by atoms with Gasteiger partial charge in [-0.2, -0.15) is 0 Å². The Bertz CT molecular complexity index is 3220. The predicted molar refractivity (Wildman–Crippen MR) is 235 cm³/mol. The molecular weight excluding hydrogens is 697 g/mol.